The number of nitrogens with zero attached hydrogens (tertiary/aromatic N) is 4. The summed E-state index contributed by atoms with van der Waals surface area (Å²) in [6.45, 7) is 1.03. The van der Waals surface area contributed by atoms with Crippen molar-refractivity contribution in [1.82, 2.24) is 14.8 Å². The zero-order valence-electron chi connectivity index (χ0n) is 12.6. The van der Waals surface area contributed by atoms with Crippen molar-refractivity contribution < 1.29 is 14.0 Å². The SMILES string of the molecule is O=C(Nc1nnc2n1CCS2)C1CC(=O)N(c2ccc(F)cc2)C1. The number of halogens is 1. The maximum atomic E-state index is 13.0. The van der Waals surface area contributed by atoms with Crippen LogP contribution in [0, 0.1) is 11.7 Å². The van der Waals surface area contributed by atoms with Crippen molar-refractivity contribution in [3.63, 3.8) is 0 Å². The molecule has 0 aliphatic carbocycles. The molecule has 9 heteroatoms. The molecule has 0 saturated carbocycles. The molecular weight excluding hydrogens is 333 g/mol. The lowest BCUT2D eigenvalue weighted by molar-refractivity contribution is -0.122. The summed E-state index contributed by atoms with van der Waals surface area (Å²) in [6.07, 6.45) is 0.124. The number of thioether (sulfide) groups is 1. The zero-order valence-corrected chi connectivity index (χ0v) is 13.4. The maximum absolute atomic E-state index is 13.0. The molecular formula is C15H14FN5O2S. The molecule has 3 heterocycles. The highest BCUT2D eigenvalue weighted by molar-refractivity contribution is 7.99. The fourth-order valence-electron chi connectivity index (χ4n) is 2.88. The number of benzene rings is 1. The van der Waals surface area contributed by atoms with Crippen LogP contribution < -0.4 is 10.2 Å². The van der Waals surface area contributed by atoms with Crippen molar-refractivity contribution in [2.75, 3.05) is 22.5 Å². The van der Waals surface area contributed by atoms with E-state index in [0.29, 0.717) is 11.6 Å². The quantitative estimate of drug-likeness (QED) is 0.910. The van der Waals surface area contributed by atoms with Crippen molar-refractivity contribution in [2.45, 2.75) is 18.1 Å². The molecule has 0 spiro atoms. The van der Waals surface area contributed by atoms with Gasteiger partial charge in [-0.25, -0.2) is 4.39 Å². The van der Waals surface area contributed by atoms with E-state index in [2.05, 4.69) is 15.5 Å². The Hall–Kier alpha value is -2.42. The van der Waals surface area contributed by atoms with Gasteiger partial charge in [-0.2, -0.15) is 0 Å². The minimum atomic E-state index is -0.468. The second-order valence-corrected chi connectivity index (χ2v) is 6.74. The maximum Gasteiger partial charge on any atom is 0.232 e. The molecule has 4 rings (SSSR count). The van der Waals surface area contributed by atoms with E-state index in [4.69, 9.17) is 0 Å². The van der Waals surface area contributed by atoms with Gasteiger partial charge in [-0.1, -0.05) is 11.8 Å². The minimum absolute atomic E-state index is 0.124. The van der Waals surface area contributed by atoms with Crippen molar-refractivity contribution in [3.8, 4) is 0 Å². The third-order valence-electron chi connectivity index (χ3n) is 4.13. The van der Waals surface area contributed by atoms with Gasteiger partial charge < -0.3 is 4.90 Å². The van der Waals surface area contributed by atoms with Crippen LogP contribution in [0.25, 0.3) is 0 Å². The van der Waals surface area contributed by atoms with Crippen LogP contribution in [0.5, 0.6) is 0 Å². The summed E-state index contributed by atoms with van der Waals surface area (Å²) in [5.74, 6) is 0.105. The second kappa shape index (κ2) is 5.90. The predicted octanol–water partition coefficient (Wildman–Crippen LogP) is 1.51. The monoisotopic (exact) mass is 347 g/mol. The first-order chi connectivity index (χ1) is 11.6. The molecule has 124 valence electrons. The number of nitrogens with one attached hydrogen (secondary N) is 1. The Morgan fingerprint density at radius 2 is 2.08 bits per heavy atom. The second-order valence-electron chi connectivity index (χ2n) is 5.68. The summed E-state index contributed by atoms with van der Waals surface area (Å²) in [5, 5.41) is 11.5. The molecule has 1 aromatic heterocycles. The summed E-state index contributed by atoms with van der Waals surface area (Å²) in [7, 11) is 0. The lowest BCUT2D eigenvalue weighted by atomic mass is 10.1. The molecule has 2 aromatic rings. The van der Waals surface area contributed by atoms with Gasteiger partial charge in [0.2, 0.25) is 17.8 Å². The van der Waals surface area contributed by atoms with E-state index in [1.54, 1.807) is 11.8 Å². The first-order valence-electron chi connectivity index (χ1n) is 7.54. The Labute approximate surface area is 141 Å². The number of carbonyl (C=O) groups excluding carboxylic acids is 2. The molecule has 0 bridgehead atoms. The average Bonchev–Trinajstić information content (AvgIpc) is 3.25. The fraction of sp³-hybridized carbons (Fsp3) is 0.333. The van der Waals surface area contributed by atoms with E-state index in [1.165, 1.54) is 29.2 Å². The Morgan fingerprint density at radius 3 is 2.88 bits per heavy atom. The van der Waals surface area contributed by atoms with Crippen LogP contribution in [0.1, 0.15) is 6.42 Å². The van der Waals surface area contributed by atoms with E-state index < -0.39 is 5.92 Å². The number of rotatable bonds is 3. The Morgan fingerprint density at radius 1 is 1.29 bits per heavy atom. The summed E-state index contributed by atoms with van der Waals surface area (Å²) < 4.78 is 14.9. The molecule has 2 aliphatic rings. The van der Waals surface area contributed by atoms with E-state index in [9.17, 15) is 14.0 Å². The molecule has 1 saturated heterocycles. The number of amides is 2. The number of carbonyl (C=O) groups is 2. The Bertz CT molecular complexity index is 807. The van der Waals surface area contributed by atoms with E-state index in [0.717, 1.165) is 17.5 Å². The van der Waals surface area contributed by atoms with Crippen LogP contribution in [-0.4, -0.2) is 38.9 Å². The van der Waals surface area contributed by atoms with Crippen LogP contribution in [-0.2, 0) is 16.1 Å². The van der Waals surface area contributed by atoms with E-state index >= 15 is 0 Å². The highest BCUT2D eigenvalue weighted by Crippen LogP contribution is 2.28. The van der Waals surface area contributed by atoms with E-state index in [-0.39, 0.29) is 30.6 Å². The van der Waals surface area contributed by atoms with E-state index in [1.807, 2.05) is 4.57 Å². The Balaban J connectivity index is 1.46. The molecule has 1 N–H and O–H groups in total. The zero-order chi connectivity index (χ0) is 16.7. The number of fused-ring (bicyclic) bond motifs is 1. The topological polar surface area (TPSA) is 80.1 Å². The smallest absolute Gasteiger partial charge is 0.232 e. The lowest BCUT2D eigenvalue weighted by Crippen LogP contribution is -2.28. The van der Waals surface area contributed by atoms with Crippen molar-refractivity contribution in [2.24, 2.45) is 5.92 Å². The minimum Gasteiger partial charge on any atom is -0.312 e. The van der Waals surface area contributed by atoms with Gasteiger partial charge in [0.05, 0.1) is 5.92 Å². The molecule has 1 fully saturated rings. The number of anilines is 2. The predicted molar refractivity (Wildman–Crippen MR) is 86.2 cm³/mol. The van der Waals surface area contributed by atoms with Crippen molar-refractivity contribution >= 4 is 35.2 Å². The van der Waals surface area contributed by atoms with Gasteiger partial charge in [-0.05, 0) is 24.3 Å². The van der Waals surface area contributed by atoms with Crippen LogP contribution in [0.4, 0.5) is 16.0 Å². The van der Waals surface area contributed by atoms with Gasteiger partial charge in [0, 0.05) is 31.0 Å². The summed E-state index contributed by atoms with van der Waals surface area (Å²) in [6, 6.07) is 5.67. The summed E-state index contributed by atoms with van der Waals surface area (Å²) in [4.78, 5) is 26.1. The third kappa shape index (κ3) is 2.64. The summed E-state index contributed by atoms with van der Waals surface area (Å²) >= 11 is 1.59. The molecule has 1 aromatic carbocycles. The van der Waals surface area contributed by atoms with Gasteiger partial charge in [0.1, 0.15) is 5.82 Å². The first-order valence-corrected chi connectivity index (χ1v) is 8.53. The standard InChI is InChI=1S/C15H14FN5O2S/c16-10-1-3-11(4-2-10)21-8-9(7-12(21)22)13(23)17-14-18-19-15-20(14)5-6-24-15/h1-4,9H,5-8H2,(H,17,18,23). The highest BCUT2D eigenvalue weighted by atomic mass is 32.2. The van der Waals surface area contributed by atoms with Crippen LogP contribution in [0.3, 0.4) is 0 Å². The lowest BCUT2D eigenvalue weighted by Gasteiger charge is -2.16. The normalized spacial score (nSPS) is 19.6. The largest absolute Gasteiger partial charge is 0.312 e. The molecule has 2 amide bonds. The Kier molecular flexibility index (Phi) is 3.72. The van der Waals surface area contributed by atoms with Gasteiger partial charge in [-0.3, -0.25) is 19.5 Å². The average molecular weight is 347 g/mol. The molecule has 1 atom stereocenters. The number of hydrogen-bond acceptors (Lipinski definition) is 5. The van der Waals surface area contributed by atoms with Gasteiger partial charge in [0.25, 0.3) is 0 Å². The number of hydrogen-bond donors (Lipinski definition) is 1. The molecule has 24 heavy (non-hydrogen) atoms. The molecule has 1 unspecified atom stereocenters. The molecule has 2 aliphatic heterocycles. The van der Waals surface area contributed by atoms with Gasteiger partial charge in [-0.15, -0.1) is 10.2 Å². The number of aromatic nitrogens is 3. The van der Waals surface area contributed by atoms with Crippen LogP contribution in [0.2, 0.25) is 0 Å². The van der Waals surface area contributed by atoms with Gasteiger partial charge >= 0.3 is 0 Å². The highest BCUT2D eigenvalue weighted by Gasteiger charge is 2.36. The first kappa shape index (κ1) is 15.1. The van der Waals surface area contributed by atoms with Crippen molar-refractivity contribution in [3.05, 3.63) is 30.1 Å². The third-order valence-corrected chi connectivity index (χ3v) is 5.08. The summed E-state index contributed by atoms with van der Waals surface area (Å²) in [5.41, 5.74) is 0.594. The van der Waals surface area contributed by atoms with Gasteiger partial charge in [0.15, 0.2) is 5.16 Å². The van der Waals surface area contributed by atoms with Crippen LogP contribution >= 0.6 is 11.8 Å². The van der Waals surface area contributed by atoms with Crippen LogP contribution in [0.15, 0.2) is 29.4 Å². The molecule has 7 nitrogen and oxygen atoms in total. The molecule has 0 radical (unpaired) electrons. The fourth-order valence-corrected chi connectivity index (χ4v) is 3.77. The van der Waals surface area contributed by atoms with Crippen molar-refractivity contribution in [1.29, 1.82) is 0 Å².